The number of nitrogens with one attached hydrogen (secondary N) is 1. The highest BCUT2D eigenvalue weighted by Crippen LogP contribution is 2.27. The van der Waals surface area contributed by atoms with Crippen LogP contribution in [0.15, 0.2) is 83.8 Å². The van der Waals surface area contributed by atoms with Crippen LogP contribution in [0.2, 0.25) is 5.02 Å². The van der Waals surface area contributed by atoms with E-state index in [1.54, 1.807) is 24.3 Å². The molecule has 4 aromatic rings. The van der Waals surface area contributed by atoms with Crippen molar-refractivity contribution in [1.82, 2.24) is 19.2 Å². The molecule has 1 aromatic heterocycles. The molecule has 3 aromatic carbocycles. The predicted octanol–water partition coefficient (Wildman–Crippen LogP) is 5.01. The lowest BCUT2D eigenvalue weighted by Gasteiger charge is -2.36. The summed E-state index contributed by atoms with van der Waals surface area (Å²) in [6, 6.07) is 24.7. The summed E-state index contributed by atoms with van der Waals surface area (Å²) in [6.07, 6.45) is 0.897. The molecule has 5 rings (SSSR count). The van der Waals surface area contributed by atoms with Crippen molar-refractivity contribution in [1.29, 1.82) is 0 Å². The number of para-hydroxylation sites is 1. The number of benzene rings is 3. The minimum absolute atomic E-state index is 0.0559. The van der Waals surface area contributed by atoms with Crippen LogP contribution in [-0.2, 0) is 16.4 Å². The third-order valence-electron chi connectivity index (χ3n) is 6.82. The summed E-state index contributed by atoms with van der Waals surface area (Å²) in [5.74, 6) is 1.56. The van der Waals surface area contributed by atoms with Gasteiger partial charge in [0, 0.05) is 43.1 Å². The Kier molecular flexibility index (Phi) is 7.71. The van der Waals surface area contributed by atoms with E-state index < -0.39 is 10.0 Å². The molecule has 1 N–H and O–H groups in total. The fourth-order valence-corrected chi connectivity index (χ4v) is 6.18. The van der Waals surface area contributed by atoms with E-state index >= 15 is 0 Å². The summed E-state index contributed by atoms with van der Waals surface area (Å²) < 4.78 is 27.7. The van der Waals surface area contributed by atoms with Gasteiger partial charge in [-0.3, -0.25) is 4.90 Å². The van der Waals surface area contributed by atoms with Crippen molar-refractivity contribution in [2.45, 2.75) is 24.3 Å². The minimum atomic E-state index is -3.55. The number of nitrogens with zero attached hydrogens (tertiary/aromatic N) is 4. The van der Waals surface area contributed by atoms with Crippen LogP contribution in [0, 0.1) is 0 Å². The molecule has 0 amide bonds. The SMILES string of the molecule is CC(c1nc(NCCc2ccccc2)c2ccccc2n1)N1CCN(S(=O)(=O)c2ccc(Cl)cc2)CC1. The van der Waals surface area contributed by atoms with Gasteiger partial charge >= 0.3 is 0 Å². The largest absolute Gasteiger partial charge is 0.369 e. The van der Waals surface area contributed by atoms with Crippen LogP contribution in [0.5, 0.6) is 0 Å². The van der Waals surface area contributed by atoms with E-state index in [4.69, 9.17) is 21.6 Å². The number of aromatic nitrogens is 2. The zero-order valence-corrected chi connectivity index (χ0v) is 22.3. The Hall–Kier alpha value is -3.04. The van der Waals surface area contributed by atoms with Gasteiger partial charge in [0.15, 0.2) is 0 Å². The maximum Gasteiger partial charge on any atom is 0.243 e. The summed E-state index contributed by atoms with van der Waals surface area (Å²) in [4.78, 5) is 12.3. The van der Waals surface area contributed by atoms with Crippen molar-refractivity contribution < 1.29 is 8.42 Å². The quantitative estimate of drug-likeness (QED) is 0.342. The third kappa shape index (κ3) is 5.78. The molecule has 7 nitrogen and oxygen atoms in total. The average Bonchev–Trinajstić information content (AvgIpc) is 2.93. The number of hydrogen-bond acceptors (Lipinski definition) is 6. The maximum atomic E-state index is 13.1. The van der Waals surface area contributed by atoms with Gasteiger partial charge in [-0.2, -0.15) is 4.31 Å². The first-order chi connectivity index (χ1) is 17.9. The van der Waals surface area contributed by atoms with Gasteiger partial charge in [-0.1, -0.05) is 54.1 Å². The number of halogens is 1. The zero-order valence-electron chi connectivity index (χ0n) is 20.7. The first-order valence-electron chi connectivity index (χ1n) is 12.5. The molecule has 1 saturated heterocycles. The van der Waals surface area contributed by atoms with Crippen LogP contribution in [0.25, 0.3) is 10.9 Å². The van der Waals surface area contributed by atoms with Gasteiger partial charge in [0.25, 0.3) is 0 Å². The normalized spacial score (nSPS) is 16.1. The molecule has 1 unspecified atom stereocenters. The fourth-order valence-electron chi connectivity index (χ4n) is 4.64. The first kappa shape index (κ1) is 25.6. The van der Waals surface area contributed by atoms with Gasteiger partial charge < -0.3 is 5.32 Å². The van der Waals surface area contributed by atoms with Gasteiger partial charge in [-0.15, -0.1) is 0 Å². The number of piperazine rings is 1. The van der Waals surface area contributed by atoms with Crippen LogP contribution < -0.4 is 5.32 Å². The van der Waals surface area contributed by atoms with Crippen LogP contribution in [-0.4, -0.2) is 60.3 Å². The number of anilines is 1. The summed E-state index contributed by atoms with van der Waals surface area (Å²) in [7, 11) is -3.55. The highest BCUT2D eigenvalue weighted by Gasteiger charge is 2.31. The molecule has 1 aliphatic rings. The van der Waals surface area contributed by atoms with E-state index in [0.29, 0.717) is 31.2 Å². The molecule has 0 spiro atoms. The van der Waals surface area contributed by atoms with Gasteiger partial charge in [0.1, 0.15) is 11.6 Å². The maximum absolute atomic E-state index is 13.1. The summed E-state index contributed by atoms with van der Waals surface area (Å²) in [5.41, 5.74) is 2.17. The number of hydrogen-bond donors (Lipinski definition) is 1. The highest BCUT2D eigenvalue weighted by molar-refractivity contribution is 7.89. The van der Waals surface area contributed by atoms with Crippen molar-refractivity contribution in [3.8, 4) is 0 Å². The Bertz CT molecular complexity index is 1460. The molecule has 0 saturated carbocycles. The topological polar surface area (TPSA) is 78.4 Å². The predicted molar refractivity (Wildman–Crippen MR) is 148 cm³/mol. The monoisotopic (exact) mass is 535 g/mol. The Labute approximate surface area is 223 Å². The minimum Gasteiger partial charge on any atom is -0.369 e. The van der Waals surface area contributed by atoms with E-state index in [0.717, 1.165) is 35.5 Å². The number of rotatable bonds is 8. The third-order valence-corrected chi connectivity index (χ3v) is 8.98. The average molecular weight is 536 g/mol. The second kappa shape index (κ2) is 11.1. The first-order valence-corrected chi connectivity index (χ1v) is 14.3. The van der Waals surface area contributed by atoms with E-state index in [2.05, 4.69) is 41.4 Å². The molecule has 0 radical (unpaired) electrons. The zero-order chi connectivity index (χ0) is 25.8. The molecule has 9 heteroatoms. The van der Waals surface area contributed by atoms with Crippen LogP contribution in [0.3, 0.4) is 0 Å². The standard InChI is InChI=1S/C28H30ClN5O2S/c1-21(33-17-19-34(20-18-33)37(35,36)24-13-11-23(29)12-14-24)27-31-26-10-6-5-9-25(26)28(32-27)30-16-15-22-7-3-2-4-8-22/h2-14,21H,15-20H2,1H3,(H,30,31,32). The lowest BCUT2D eigenvalue weighted by Crippen LogP contribution is -2.49. The summed E-state index contributed by atoms with van der Waals surface area (Å²) in [5, 5.41) is 5.02. The fraction of sp³-hybridized carbons (Fsp3) is 0.286. The Morgan fingerprint density at radius 3 is 2.30 bits per heavy atom. The van der Waals surface area contributed by atoms with Gasteiger partial charge in [-0.25, -0.2) is 18.4 Å². The molecule has 0 aliphatic carbocycles. The second-order valence-electron chi connectivity index (χ2n) is 9.18. The summed E-state index contributed by atoms with van der Waals surface area (Å²) >= 11 is 5.93. The number of sulfonamides is 1. The van der Waals surface area contributed by atoms with E-state index in [9.17, 15) is 8.42 Å². The van der Waals surface area contributed by atoms with Crippen molar-refractivity contribution in [3.63, 3.8) is 0 Å². The molecule has 2 heterocycles. The van der Waals surface area contributed by atoms with Crippen LogP contribution >= 0.6 is 11.6 Å². The highest BCUT2D eigenvalue weighted by atomic mass is 35.5. The second-order valence-corrected chi connectivity index (χ2v) is 11.6. The molecule has 192 valence electrons. The van der Waals surface area contributed by atoms with E-state index in [-0.39, 0.29) is 10.9 Å². The lowest BCUT2D eigenvalue weighted by atomic mass is 10.1. The number of fused-ring (bicyclic) bond motifs is 1. The molecule has 1 aliphatic heterocycles. The molecule has 0 bridgehead atoms. The molecular formula is C28H30ClN5O2S. The smallest absolute Gasteiger partial charge is 0.243 e. The Morgan fingerprint density at radius 1 is 0.892 bits per heavy atom. The lowest BCUT2D eigenvalue weighted by molar-refractivity contribution is 0.141. The van der Waals surface area contributed by atoms with Crippen molar-refractivity contribution in [2.24, 2.45) is 0 Å². The van der Waals surface area contributed by atoms with Crippen molar-refractivity contribution >= 4 is 38.3 Å². The molecule has 37 heavy (non-hydrogen) atoms. The Morgan fingerprint density at radius 2 is 1.57 bits per heavy atom. The van der Waals surface area contributed by atoms with Crippen LogP contribution in [0.4, 0.5) is 5.82 Å². The molecular weight excluding hydrogens is 506 g/mol. The van der Waals surface area contributed by atoms with Gasteiger partial charge in [0.05, 0.1) is 16.5 Å². The molecule has 1 atom stereocenters. The summed E-state index contributed by atoms with van der Waals surface area (Å²) in [6.45, 7) is 4.86. The Balaban J connectivity index is 1.29. The van der Waals surface area contributed by atoms with Crippen molar-refractivity contribution in [3.05, 3.63) is 95.3 Å². The van der Waals surface area contributed by atoms with Gasteiger partial charge in [0.2, 0.25) is 10.0 Å². The van der Waals surface area contributed by atoms with Crippen LogP contribution in [0.1, 0.15) is 24.4 Å². The molecule has 1 fully saturated rings. The van der Waals surface area contributed by atoms with Crippen molar-refractivity contribution in [2.75, 3.05) is 38.0 Å². The van der Waals surface area contributed by atoms with E-state index in [1.807, 2.05) is 30.3 Å². The van der Waals surface area contributed by atoms with E-state index in [1.165, 1.54) is 9.87 Å². The van der Waals surface area contributed by atoms with Gasteiger partial charge in [-0.05, 0) is 55.3 Å².